The number of hydrogen-bond donors (Lipinski definition) is 1. The van der Waals surface area contributed by atoms with Crippen LogP contribution in [0.2, 0.25) is 0 Å². The van der Waals surface area contributed by atoms with Gasteiger partial charge < -0.3 is 14.6 Å². The summed E-state index contributed by atoms with van der Waals surface area (Å²) in [6.07, 6.45) is 6.08. The molecule has 2 aromatic rings. The second kappa shape index (κ2) is 8.56. The van der Waals surface area contributed by atoms with Crippen molar-refractivity contribution in [1.29, 1.82) is 0 Å². The van der Waals surface area contributed by atoms with E-state index < -0.39 is 5.97 Å². The summed E-state index contributed by atoms with van der Waals surface area (Å²) in [6.45, 7) is 1.01. The minimum absolute atomic E-state index is 0.183. The Morgan fingerprint density at radius 1 is 1.00 bits per heavy atom. The van der Waals surface area contributed by atoms with E-state index in [-0.39, 0.29) is 5.56 Å². The number of carboxylic acid groups (broad SMARTS) is 1. The Balaban J connectivity index is 1.66. The maximum atomic E-state index is 11.4. The molecule has 0 saturated heterocycles. The van der Waals surface area contributed by atoms with Gasteiger partial charge in [-0.2, -0.15) is 0 Å². The van der Waals surface area contributed by atoms with Crippen molar-refractivity contribution in [2.45, 2.75) is 38.7 Å². The van der Waals surface area contributed by atoms with E-state index in [2.05, 4.69) is 0 Å². The van der Waals surface area contributed by atoms with Crippen LogP contribution < -0.4 is 9.47 Å². The lowest BCUT2D eigenvalue weighted by Gasteiger charge is -2.22. The van der Waals surface area contributed by atoms with Crippen molar-refractivity contribution in [2.24, 2.45) is 5.92 Å². The van der Waals surface area contributed by atoms with E-state index in [0.717, 1.165) is 18.4 Å². The summed E-state index contributed by atoms with van der Waals surface area (Å²) in [6, 6.07) is 14.8. The third kappa shape index (κ3) is 4.99. The van der Waals surface area contributed by atoms with Gasteiger partial charge in [0.1, 0.15) is 23.7 Å². The molecule has 1 saturated carbocycles. The minimum Gasteiger partial charge on any atom is -0.492 e. The zero-order valence-electron chi connectivity index (χ0n) is 14.3. The van der Waals surface area contributed by atoms with Gasteiger partial charge in [-0.15, -0.1) is 0 Å². The highest BCUT2D eigenvalue weighted by Gasteiger charge is 2.17. The van der Waals surface area contributed by atoms with Crippen molar-refractivity contribution in [3.05, 3.63) is 59.7 Å². The molecule has 0 radical (unpaired) electrons. The molecular formula is C21H24O4. The first-order valence-electron chi connectivity index (χ1n) is 8.89. The summed E-state index contributed by atoms with van der Waals surface area (Å²) < 4.78 is 11.7. The Labute approximate surface area is 148 Å². The van der Waals surface area contributed by atoms with Gasteiger partial charge in [0, 0.05) is 6.07 Å². The van der Waals surface area contributed by atoms with Crippen LogP contribution in [0, 0.1) is 5.92 Å². The van der Waals surface area contributed by atoms with Crippen molar-refractivity contribution in [3.8, 4) is 11.5 Å². The minimum atomic E-state index is -0.978. The summed E-state index contributed by atoms with van der Waals surface area (Å²) in [4.78, 5) is 11.4. The quantitative estimate of drug-likeness (QED) is 0.777. The highest BCUT2D eigenvalue weighted by atomic mass is 16.5. The van der Waals surface area contributed by atoms with Crippen LogP contribution >= 0.6 is 0 Å². The molecule has 1 aliphatic rings. The van der Waals surface area contributed by atoms with Crippen LogP contribution in [0.4, 0.5) is 0 Å². The first-order valence-corrected chi connectivity index (χ1v) is 8.89. The van der Waals surface area contributed by atoms with Crippen LogP contribution in [-0.4, -0.2) is 17.7 Å². The predicted octanol–water partition coefficient (Wildman–Crippen LogP) is 4.92. The van der Waals surface area contributed by atoms with E-state index in [9.17, 15) is 9.90 Å². The zero-order chi connectivity index (χ0) is 17.5. The average Bonchev–Trinajstić information content (AvgIpc) is 2.66. The molecular weight excluding hydrogens is 316 g/mol. The average molecular weight is 340 g/mol. The van der Waals surface area contributed by atoms with Crippen molar-refractivity contribution in [3.63, 3.8) is 0 Å². The largest absolute Gasteiger partial charge is 0.492 e. The molecule has 2 aromatic carbocycles. The van der Waals surface area contributed by atoms with Crippen LogP contribution in [0.1, 0.15) is 48.0 Å². The van der Waals surface area contributed by atoms with E-state index >= 15 is 0 Å². The summed E-state index contributed by atoms with van der Waals surface area (Å²) in [5, 5.41) is 9.38. The first kappa shape index (κ1) is 17.3. The summed E-state index contributed by atoms with van der Waals surface area (Å²) in [5.41, 5.74) is 1.25. The SMILES string of the molecule is O=C(O)c1ccc(OCc2ccccc2)cc1OCC1CCCCC1. The molecule has 1 N–H and O–H groups in total. The van der Waals surface area contributed by atoms with Crippen LogP contribution in [0.3, 0.4) is 0 Å². The number of rotatable bonds is 7. The second-order valence-electron chi connectivity index (χ2n) is 6.55. The molecule has 0 spiro atoms. The van der Waals surface area contributed by atoms with Crippen LogP contribution in [-0.2, 0) is 6.61 Å². The molecule has 0 atom stereocenters. The highest BCUT2D eigenvalue weighted by Crippen LogP contribution is 2.29. The Bertz CT molecular complexity index is 690. The molecule has 0 amide bonds. The van der Waals surface area contributed by atoms with Crippen molar-refractivity contribution < 1.29 is 19.4 Å². The van der Waals surface area contributed by atoms with Gasteiger partial charge in [-0.3, -0.25) is 0 Å². The second-order valence-corrected chi connectivity index (χ2v) is 6.55. The van der Waals surface area contributed by atoms with Gasteiger partial charge in [-0.05, 0) is 36.5 Å². The maximum Gasteiger partial charge on any atom is 0.339 e. The lowest BCUT2D eigenvalue weighted by Crippen LogP contribution is -2.16. The summed E-state index contributed by atoms with van der Waals surface area (Å²) in [7, 11) is 0. The number of benzene rings is 2. The molecule has 0 aliphatic heterocycles. The van der Waals surface area contributed by atoms with E-state index in [1.807, 2.05) is 30.3 Å². The molecule has 4 heteroatoms. The third-order valence-electron chi connectivity index (χ3n) is 4.63. The molecule has 0 aromatic heterocycles. The Kier molecular flexibility index (Phi) is 5.94. The summed E-state index contributed by atoms with van der Waals surface area (Å²) >= 11 is 0. The molecule has 3 rings (SSSR count). The van der Waals surface area contributed by atoms with Gasteiger partial charge in [0.05, 0.1) is 6.61 Å². The zero-order valence-corrected chi connectivity index (χ0v) is 14.3. The molecule has 0 unspecified atom stereocenters. The summed E-state index contributed by atoms with van der Waals surface area (Å²) in [5.74, 6) is 0.550. The molecule has 0 bridgehead atoms. The van der Waals surface area contributed by atoms with Gasteiger partial charge in [0.2, 0.25) is 0 Å². The van der Waals surface area contributed by atoms with Crippen molar-refractivity contribution in [2.75, 3.05) is 6.61 Å². The topological polar surface area (TPSA) is 55.8 Å². The lowest BCUT2D eigenvalue weighted by atomic mass is 9.90. The standard InChI is InChI=1S/C21H24O4/c22-21(23)19-12-11-18(24-14-16-7-3-1-4-8-16)13-20(19)25-15-17-9-5-2-6-10-17/h1,3-4,7-8,11-13,17H,2,5-6,9-10,14-15H2,(H,22,23). The fourth-order valence-corrected chi connectivity index (χ4v) is 3.19. The molecule has 4 nitrogen and oxygen atoms in total. The van der Waals surface area contributed by atoms with Gasteiger partial charge in [-0.1, -0.05) is 49.6 Å². The molecule has 25 heavy (non-hydrogen) atoms. The molecule has 132 valence electrons. The van der Waals surface area contributed by atoms with E-state index in [4.69, 9.17) is 9.47 Å². The Hall–Kier alpha value is -2.49. The van der Waals surface area contributed by atoms with Crippen molar-refractivity contribution in [1.82, 2.24) is 0 Å². The first-order chi connectivity index (χ1) is 12.2. The van der Waals surface area contributed by atoms with Crippen LogP contribution in [0.5, 0.6) is 11.5 Å². The van der Waals surface area contributed by atoms with Gasteiger partial charge >= 0.3 is 5.97 Å². The fraction of sp³-hybridized carbons (Fsp3) is 0.381. The number of hydrogen-bond acceptors (Lipinski definition) is 3. The van der Waals surface area contributed by atoms with Crippen molar-refractivity contribution >= 4 is 5.97 Å². The fourth-order valence-electron chi connectivity index (χ4n) is 3.19. The number of ether oxygens (including phenoxy) is 2. The molecule has 0 heterocycles. The predicted molar refractivity (Wildman–Crippen MR) is 96.2 cm³/mol. The highest BCUT2D eigenvalue weighted by molar-refractivity contribution is 5.91. The van der Waals surface area contributed by atoms with Gasteiger partial charge in [-0.25, -0.2) is 4.79 Å². The molecule has 1 aliphatic carbocycles. The number of carboxylic acids is 1. The van der Waals surface area contributed by atoms with Gasteiger partial charge in [0.15, 0.2) is 0 Å². The maximum absolute atomic E-state index is 11.4. The monoisotopic (exact) mass is 340 g/mol. The normalized spacial score (nSPS) is 14.9. The van der Waals surface area contributed by atoms with Gasteiger partial charge in [0.25, 0.3) is 0 Å². The number of carbonyl (C=O) groups is 1. The van der Waals surface area contributed by atoms with E-state index in [0.29, 0.717) is 30.6 Å². The number of aromatic carboxylic acids is 1. The Morgan fingerprint density at radius 2 is 1.76 bits per heavy atom. The molecule has 1 fully saturated rings. The Morgan fingerprint density at radius 3 is 2.48 bits per heavy atom. The lowest BCUT2D eigenvalue weighted by molar-refractivity contribution is 0.0690. The smallest absolute Gasteiger partial charge is 0.339 e. The van der Waals surface area contributed by atoms with Crippen LogP contribution in [0.25, 0.3) is 0 Å². The van der Waals surface area contributed by atoms with Crippen LogP contribution in [0.15, 0.2) is 48.5 Å². The third-order valence-corrected chi connectivity index (χ3v) is 4.63. The van der Waals surface area contributed by atoms with E-state index in [1.165, 1.54) is 19.3 Å². The van der Waals surface area contributed by atoms with E-state index in [1.54, 1.807) is 18.2 Å².